The lowest BCUT2D eigenvalue weighted by Crippen LogP contribution is -1.84. The van der Waals surface area contributed by atoms with Gasteiger partial charge in [-0.3, -0.25) is 4.79 Å². The lowest BCUT2D eigenvalue weighted by Gasteiger charge is -1.97. The van der Waals surface area contributed by atoms with Crippen molar-refractivity contribution < 1.29 is 9.90 Å². The van der Waals surface area contributed by atoms with Crippen LogP contribution in [0.4, 0.5) is 0 Å². The highest BCUT2D eigenvalue weighted by molar-refractivity contribution is 9.10. The van der Waals surface area contributed by atoms with E-state index in [1.807, 2.05) is 12.7 Å². The summed E-state index contributed by atoms with van der Waals surface area (Å²) in [4.78, 5) is 10.5. The van der Waals surface area contributed by atoms with Crippen molar-refractivity contribution >= 4 is 69.4 Å². The average molecular weight is 817 g/mol. The van der Waals surface area contributed by atoms with Crippen LogP contribution < -0.4 is 0 Å². The third kappa shape index (κ3) is 18.2. The molecule has 242 valence electrons. The van der Waals surface area contributed by atoms with Crippen LogP contribution in [0.5, 0.6) is 0 Å². The summed E-state index contributed by atoms with van der Waals surface area (Å²) in [6, 6.07) is 7.05. The Kier molecular flexibility index (Phi) is 22.3. The molecule has 0 aliphatic rings. The van der Waals surface area contributed by atoms with E-state index < -0.39 is 0 Å². The lowest BCUT2D eigenvalue weighted by atomic mass is 10.2. The summed E-state index contributed by atoms with van der Waals surface area (Å²) >= 11 is 6.57. The molecular formula is C41H17Br2N6O2P. The van der Waals surface area contributed by atoms with E-state index in [0.29, 0.717) is 20.3 Å². The predicted octanol–water partition coefficient (Wildman–Crippen LogP) is 3.53. The number of aliphatic hydroxyl groups excluding tert-OH is 1. The normalized spacial score (nSPS) is 7.38. The number of fused-ring (bicyclic) bond motifs is 2. The molecule has 4 rings (SSSR count). The molecule has 2 aromatic heterocycles. The number of carbonyl (C=O) groups is 1. The largest absolute Gasteiger partial charge is 0.392 e. The fourth-order valence-corrected chi connectivity index (χ4v) is 3.58. The van der Waals surface area contributed by atoms with Gasteiger partial charge in [0.05, 0.1) is 7.89 Å². The van der Waals surface area contributed by atoms with Crippen LogP contribution in [0.2, 0.25) is 0 Å². The van der Waals surface area contributed by atoms with Crippen molar-refractivity contribution in [1.29, 1.82) is 1.28 Å². The number of rotatable bonds is 2. The fraction of sp³-hybridized carbons (Fsp3) is 0.0488. The number of aromatic nitrogens is 6. The first-order valence-corrected chi connectivity index (χ1v) is 16.1. The van der Waals surface area contributed by atoms with E-state index in [1.165, 1.54) is 0 Å². The SMILES string of the molecule is C#CC#CC#CC#CC#CC#CC#CC#CC#CC#CC#CC#CC#C.O=Cc1cc2n[nH]nc2cc1Br.OCc1cc2n[nH]nc2cc1Br.[2H]PC. The van der Waals surface area contributed by atoms with E-state index in [2.05, 4.69) is 205 Å². The summed E-state index contributed by atoms with van der Waals surface area (Å²) in [6.45, 7) is 1.82. The van der Waals surface area contributed by atoms with Gasteiger partial charge in [0.25, 0.3) is 0 Å². The summed E-state index contributed by atoms with van der Waals surface area (Å²) in [5, 5.41) is 29.5. The van der Waals surface area contributed by atoms with Crippen LogP contribution >= 0.6 is 41.0 Å². The summed E-state index contributed by atoms with van der Waals surface area (Å²) in [5.41, 5.74) is 4.39. The summed E-state index contributed by atoms with van der Waals surface area (Å²) in [5.74, 6) is 58.2. The zero-order chi connectivity index (χ0) is 38.8. The third-order valence-electron chi connectivity index (χ3n) is 4.67. The molecule has 0 radical (unpaired) electrons. The maximum Gasteiger partial charge on any atom is 0.151 e. The first kappa shape index (κ1) is 40.7. The summed E-state index contributed by atoms with van der Waals surface area (Å²) in [6.07, 6.45) is 10.6. The quantitative estimate of drug-likeness (QED) is 0.162. The number of hydrogen-bond acceptors (Lipinski definition) is 6. The van der Waals surface area contributed by atoms with Crippen molar-refractivity contribution in [3.8, 4) is 155 Å². The second-order valence-electron chi connectivity index (χ2n) is 7.76. The first-order valence-electron chi connectivity index (χ1n) is 14.0. The van der Waals surface area contributed by atoms with E-state index in [1.54, 1.807) is 18.2 Å². The molecule has 1 unspecified atom stereocenters. The number of aldehydes is 1. The molecule has 2 heterocycles. The lowest BCUT2D eigenvalue weighted by molar-refractivity contribution is 0.112. The second-order valence-corrected chi connectivity index (χ2v) is 9.47. The van der Waals surface area contributed by atoms with E-state index in [-0.39, 0.29) is 6.61 Å². The number of nitrogens with one attached hydrogen (secondary N) is 2. The van der Waals surface area contributed by atoms with Crippen LogP contribution in [0.1, 0.15) is 15.9 Å². The molecule has 0 fully saturated rings. The molecule has 0 spiro atoms. The van der Waals surface area contributed by atoms with Gasteiger partial charge in [0.15, 0.2) is 6.29 Å². The van der Waals surface area contributed by atoms with Gasteiger partial charge in [0, 0.05) is 61.9 Å². The maximum atomic E-state index is 10.5. The van der Waals surface area contributed by atoms with Gasteiger partial charge in [0.1, 0.15) is 22.1 Å². The Morgan fingerprint density at radius 2 is 0.904 bits per heavy atom. The van der Waals surface area contributed by atoms with Crippen molar-refractivity contribution in [3.05, 3.63) is 44.3 Å². The average Bonchev–Trinajstić information content (AvgIpc) is 3.82. The predicted molar refractivity (Wildman–Crippen MR) is 213 cm³/mol. The second kappa shape index (κ2) is 28.5. The van der Waals surface area contributed by atoms with Crippen molar-refractivity contribution in [2.24, 2.45) is 0 Å². The number of aromatic amines is 2. The molecule has 8 nitrogen and oxygen atoms in total. The van der Waals surface area contributed by atoms with Gasteiger partial charge >= 0.3 is 0 Å². The summed E-state index contributed by atoms with van der Waals surface area (Å²) < 4.78 is 7.82. The van der Waals surface area contributed by atoms with Crippen molar-refractivity contribution in [2.45, 2.75) is 6.61 Å². The first-order chi connectivity index (χ1) is 25.9. The smallest absolute Gasteiger partial charge is 0.151 e. The Balaban J connectivity index is 0.000000424. The van der Waals surface area contributed by atoms with Crippen LogP contribution in [0.3, 0.4) is 0 Å². The summed E-state index contributed by atoms with van der Waals surface area (Å²) in [7, 11) is 0.333. The topological polar surface area (TPSA) is 120 Å². The zero-order valence-electron chi connectivity index (χ0n) is 27.6. The minimum Gasteiger partial charge on any atom is -0.392 e. The van der Waals surface area contributed by atoms with Crippen LogP contribution in [0.25, 0.3) is 22.1 Å². The molecule has 0 aliphatic heterocycles. The van der Waals surface area contributed by atoms with Gasteiger partial charge in [-0.1, -0.05) is 22.6 Å². The number of H-pyrrole nitrogens is 2. The molecule has 52 heavy (non-hydrogen) atoms. The van der Waals surface area contributed by atoms with Crippen LogP contribution in [0, 0.1) is 155 Å². The zero-order valence-corrected chi connectivity index (χ0v) is 30.8. The Morgan fingerprint density at radius 1 is 0.615 bits per heavy atom. The Morgan fingerprint density at radius 3 is 1.21 bits per heavy atom. The minimum absolute atomic E-state index is 0.00336. The number of halogens is 2. The third-order valence-corrected chi connectivity index (χ3v) is 6.10. The van der Waals surface area contributed by atoms with Gasteiger partial charge in [-0.25, -0.2) is 0 Å². The van der Waals surface area contributed by atoms with E-state index >= 15 is 0 Å². The molecule has 0 saturated carbocycles. The van der Waals surface area contributed by atoms with Gasteiger partial charge in [0.2, 0.25) is 0 Å². The Bertz CT molecular complexity index is 2660. The van der Waals surface area contributed by atoms with Crippen molar-refractivity contribution in [1.82, 2.24) is 30.8 Å². The number of benzene rings is 2. The van der Waals surface area contributed by atoms with Crippen LogP contribution in [-0.2, 0) is 6.61 Å². The number of hydrogen-bond donors (Lipinski definition) is 3. The highest BCUT2D eigenvalue weighted by Gasteiger charge is 2.04. The van der Waals surface area contributed by atoms with E-state index in [0.717, 1.165) is 37.3 Å². The molecule has 1 atom stereocenters. The number of terminal acetylenes is 2. The molecule has 11 heteroatoms. The number of aliphatic hydroxyl groups is 1. The van der Waals surface area contributed by atoms with Gasteiger partial charge in [-0.15, -0.1) is 22.0 Å². The molecule has 2 aromatic carbocycles. The molecule has 0 saturated heterocycles. The standard InChI is InChI=1S/C26H2.C7H6BrN3O.C7H4BrN3O.CH5P/c1-3-5-7-9-11-13-15-17-19-21-23-25-26-24-22-20-18-16-14-12-10-8-6-4-2;2*8-5-2-7-6(9-11-10-7)1-4(5)3-12;1-2/h1-2H;1-2,12H,3H2,(H,9,10,11);1-3H,(H,9,10,11);2H2,1H3/i;;;2D. The van der Waals surface area contributed by atoms with Crippen LogP contribution in [-0.4, -0.2) is 50.2 Å². The fourth-order valence-electron chi connectivity index (χ4n) is 2.69. The number of carbonyl (C=O) groups excluding carboxylic acids is 1. The monoisotopic (exact) mass is 815 g/mol. The van der Waals surface area contributed by atoms with Crippen molar-refractivity contribution in [3.63, 3.8) is 0 Å². The molecular weight excluding hydrogens is 799 g/mol. The van der Waals surface area contributed by atoms with Gasteiger partial charge in [-0.2, -0.15) is 30.8 Å². The Labute approximate surface area is 322 Å². The number of nitrogens with zero attached hydrogens (tertiary/aromatic N) is 4. The highest BCUT2D eigenvalue weighted by atomic mass is 79.9. The van der Waals surface area contributed by atoms with E-state index in [4.69, 9.17) is 19.2 Å². The van der Waals surface area contributed by atoms with Crippen LogP contribution in [0.15, 0.2) is 33.2 Å². The van der Waals surface area contributed by atoms with Gasteiger partial charge in [-0.05, 0) is 140 Å². The minimum atomic E-state index is 0.00336. The molecule has 4 aromatic rings. The maximum absolute atomic E-state index is 10.5. The highest BCUT2D eigenvalue weighted by Crippen LogP contribution is 2.22. The molecule has 0 bridgehead atoms. The van der Waals surface area contributed by atoms with E-state index in [9.17, 15) is 4.79 Å². The molecule has 3 N–H and O–H groups in total. The Hall–Kier alpha value is -7.46. The molecule has 0 amide bonds. The molecule has 0 aliphatic carbocycles. The van der Waals surface area contributed by atoms with Gasteiger partial charge < -0.3 is 5.11 Å². The van der Waals surface area contributed by atoms with Crippen molar-refractivity contribution in [2.75, 3.05) is 6.66 Å².